The number of halogens is 1. The maximum absolute atomic E-state index is 11.9. The quantitative estimate of drug-likeness (QED) is 0.850. The molecule has 1 unspecified atom stereocenters. The summed E-state index contributed by atoms with van der Waals surface area (Å²) >= 11 is 5.59. The van der Waals surface area contributed by atoms with Gasteiger partial charge < -0.3 is 10.0 Å². The summed E-state index contributed by atoms with van der Waals surface area (Å²) in [5.41, 5.74) is 0.547. The largest absolute Gasteiger partial charge is 0.508 e. The van der Waals surface area contributed by atoms with E-state index in [1.54, 1.807) is 12.1 Å². The van der Waals surface area contributed by atoms with Gasteiger partial charge in [0.05, 0.1) is 17.5 Å². The molecule has 0 aromatic heterocycles. The van der Waals surface area contributed by atoms with Crippen LogP contribution in [0.5, 0.6) is 5.75 Å². The maximum atomic E-state index is 11.9. The van der Waals surface area contributed by atoms with Crippen molar-refractivity contribution >= 4 is 33.0 Å². The van der Waals surface area contributed by atoms with Gasteiger partial charge in [0.2, 0.25) is 5.91 Å². The van der Waals surface area contributed by atoms with Gasteiger partial charge in [0.25, 0.3) is 0 Å². The second-order valence-electron chi connectivity index (χ2n) is 4.47. The Bertz CT molecular complexity index is 570. The first-order valence-corrected chi connectivity index (χ1v) is 8.16. The van der Waals surface area contributed by atoms with E-state index in [4.69, 9.17) is 11.6 Å². The fourth-order valence-corrected chi connectivity index (χ4v) is 4.04. The molecule has 1 saturated heterocycles. The molecule has 7 heteroatoms. The van der Waals surface area contributed by atoms with Crippen LogP contribution in [0.15, 0.2) is 24.3 Å². The third-order valence-corrected chi connectivity index (χ3v) is 5.06. The van der Waals surface area contributed by atoms with Crippen LogP contribution in [0.25, 0.3) is 0 Å². The summed E-state index contributed by atoms with van der Waals surface area (Å²) in [4.78, 5) is 13.3. The Balaban J connectivity index is 2.32. The van der Waals surface area contributed by atoms with Crippen molar-refractivity contribution in [2.45, 2.75) is 12.5 Å². The first kappa shape index (κ1) is 14.1. The molecule has 104 valence electrons. The van der Waals surface area contributed by atoms with Gasteiger partial charge in [-0.2, -0.15) is 0 Å². The van der Waals surface area contributed by atoms with Gasteiger partial charge in [-0.05, 0) is 30.7 Å². The second-order valence-corrected chi connectivity index (χ2v) is 6.97. The topological polar surface area (TPSA) is 74.7 Å². The van der Waals surface area contributed by atoms with Gasteiger partial charge in [0, 0.05) is 5.69 Å². The molecule has 1 heterocycles. The van der Waals surface area contributed by atoms with Crippen LogP contribution in [-0.4, -0.2) is 42.9 Å². The average Bonchev–Trinajstić information content (AvgIpc) is 2.72. The van der Waals surface area contributed by atoms with Crippen molar-refractivity contribution in [2.24, 2.45) is 0 Å². The molecule has 2 rings (SSSR count). The van der Waals surface area contributed by atoms with Crippen molar-refractivity contribution in [1.82, 2.24) is 0 Å². The van der Waals surface area contributed by atoms with Gasteiger partial charge >= 0.3 is 0 Å². The number of carbonyl (C=O) groups excluding carboxylic acids is 1. The summed E-state index contributed by atoms with van der Waals surface area (Å²) < 4.78 is 23.1. The fourth-order valence-electron chi connectivity index (χ4n) is 2.22. The molecule has 1 aliphatic heterocycles. The van der Waals surface area contributed by atoms with E-state index in [1.165, 1.54) is 17.0 Å². The van der Waals surface area contributed by atoms with Crippen molar-refractivity contribution in [3.63, 3.8) is 0 Å². The van der Waals surface area contributed by atoms with E-state index in [0.717, 1.165) is 0 Å². The Morgan fingerprint density at radius 2 is 2.00 bits per heavy atom. The third kappa shape index (κ3) is 3.19. The van der Waals surface area contributed by atoms with Crippen LogP contribution in [-0.2, 0) is 14.6 Å². The smallest absolute Gasteiger partial charge is 0.242 e. The van der Waals surface area contributed by atoms with Gasteiger partial charge in [-0.15, -0.1) is 11.6 Å². The molecule has 1 aliphatic rings. The van der Waals surface area contributed by atoms with Crippen LogP contribution in [0, 0.1) is 0 Å². The van der Waals surface area contributed by atoms with Crippen LogP contribution >= 0.6 is 11.6 Å². The highest BCUT2D eigenvalue weighted by atomic mass is 35.5. The molecule has 1 amide bonds. The monoisotopic (exact) mass is 303 g/mol. The van der Waals surface area contributed by atoms with Crippen molar-refractivity contribution in [3.05, 3.63) is 24.3 Å². The molecule has 1 aromatic carbocycles. The highest BCUT2D eigenvalue weighted by Gasteiger charge is 2.35. The zero-order valence-electron chi connectivity index (χ0n) is 10.1. The lowest BCUT2D eigenvalue weighted by molar-refractivity contribution is -0.116. The van der Waals surface area contributed by atoms with Crippen LogP contribution < -0.4 is 4.90 Å². The zero-order chi connectivity index (χ0) is 14.0. The molecular weight excluding hydrogens is 290 g/mol. The van der Waals surface area contributed by atoms with Gasteiger partial charge in [0.1, 0.15) is 11.6 Å². The Morgan fingerprint density at radius 3 is 2.47 bits per heavy atom. The summed E-state index contributed by atoms with van der Waals surface area (Å²) in [5.74, 6) is -0.425. The number of carbonyl (C=O) groups is 1. The van der Waals surface area contributed by atoms with Crippen molar-refractivity contribution in [3.8, 4) is 5.75 Å². The predicted octanol–water partition coefficient (Wildman–Crippen LogP) is 1.15. The van der Waals surface area contributed by atoms with Crippen molar-refractivity contribution in [2.75, 3.05) is 22.3 Å². The van der Waals surface area contributed by atoms with Crippen molar-refractivity contribution < 1.29 is 18.3 Å². The third-order valence-electron chi connectivity index (χ3n) is 3.08. The number of alkyl halides is 1. The number of hydrogen-bond acceptors (Lipinski definition) is 4. The molecule has 1 fully saturated rings. The summed E-state index contributed by atoms with van der Waals surface area (Å²) in [6.45, 7) is 0. The number of anilines is 1. The number of phenols is 1. The van der Waals surface area contributed by atoms with Crippen molar-refractivity contribution in [1.29, 1.82) is 0 Å². The standard InChI is InChI=1S/C12H14ClNO4S/c13-7-12(16)14(9-1-3-11(15)4-2-9)10-5-6-19(17,18)8-10/h1-4,10,15H,5-8H2. The van der Waals surface area contributed by atoms with Crippen LogP contribution in [0.4, 0.5) is 5.69 Å². The van der Waals surface area contributed by atoms with Crippen LogP contribution in [0.3, 0.4) is 0 Å². The minimum absolute atomic E-state index is 0.0451. The van der Waals surface area contributed by atoms with Gasteiger partial charge in [-0.25, -0.2) is 8.42 Å². The highest BCUT2D eigenvalue weighted by molar-refractivity contribution is 7.91. The molecule has 0 radical (unpaired) electrons. The van der Waals surface area contributed by atoms with Crippen LogP contribution in [0.1, 0.15) is 6.42 Å². The normalized spacial score (nSPS) is 21.2. The molecule has 19 heavy (non-hydrogen) atoms. The molecule has 0 aliphatic carbocycles. The molecule has 0 spiro atoms. The molecular formula is C12H14ClNO4S. The summed E-state index contributed by atoms with van der Waals surface area (Å²) in [6, 6.07) is 5.66. The molecule has 1 N–H and O–H groups in total. The van der Waals surface area contributed by atoms with Gasteiger partial charge in [-0.3, -0.25) is 4.79 Å². The fraction of sp³-hybridized carbons (Fsp3) is 0.417. The Hall–Kier alpha value is -1.27. The van der Waals surface area contributed by atoms with E-state index >= 15 is 0 Å². The number of hydrogen-bond donors (Lipinski definition) is 1. The molecule has 5 nitrogen and oxygen atoms in total. The lowest BCUT2D eigenvalue weighted by atomic mass is 10.2. The Kier molecular flexibility index (Phi) is 4.01. The number of amides is 1. The maximum Gasteiger partial charge on any atom is 0.242 e. The van der Waals surface area contributed by atoms with E-state index in [-0.39, 0.29) is 35.1 Å². The number of phenolic OH excluding ortho intramolecular Hbond substituents is 1. The van der Waals surface area contributed by atoms with E-state index in [1.807, 2.05) is 0 Å². The number of benzene rings is 1. The van der Waals surface area contributed by atoms with Gasteiger partial charge in [0.15, 0.2) is 9.84 Å². The number of sulfone groups is 1. The lowest BCUT2D eigenvalue weighted by Crippen LogP contribution is -2.42. The SMILES string of the molecule is O=C(CCl)N(c1ccc(O)cc1)C1CCS(=O)(=O)C1. The van der Waals surface area contributed by atoms with E-state index in [0.29, 0.717) is 12.1 Å². The first-order valence-electron chi connectivity index (χ1n) is 5.80. The number of nitrogens with zero attached hydrogens (tertiary/aromatic N) is 1. The minimum Gasteiger partial charge on any atom is -0.508 e. The number of rotatable bonds is 3. The highest BCUT2D eigenvalue weighted by Crippen LogP contribution is 2.26. The summed E-state index contributed by atoms with van der Waals surface area (Å²) in [6.07, 6.45) is 0.409. The van der Waals surface area contributed by atoms with E-state index in [2.05, 4.69) is 0 Å². The predicted molar refractivity (Wildman–Crippen MR) is 73.4 cm³/mol. The van der Waals surface area contributed by atoms with E-state index in [9.17, 15) is 18.3 Å². The molecule has 0 bridgehead atoms. The zero-order valence-corrected chi connectivity index (χ0v) is 11.7. The number of aromatic hydroxyl groups is 1. The summed E-state index contributed by atoms with van der Waals surface area (Å²) in [5, 5.41) is 9.26. The Labute approximate surface area is 116 Å². The average molecular weight is 304 g/mol. The van der Waals surface area contributed by atoms with Gasteiger partial charge in [-0.1, -0.05) is 0 Å². The molecule has 1 aromatic rings. The lowest BCUT2D eigenvalue weighted by Gasteiger charge is -2.27. The minimum atomic E-state index is -3.08. The first-order chi connectivity index (χ1) is 8.93. The molecule has 1 atom stereocenters. The molecule has 0 saturated carbocycles. The second kappa shape index (κ2) is 5.38. The van der Waals surface area contributed by atoms with E-state index < -0.39 is 9.84 Å². The summed E-state index contributed by atoms with van der Waals surface area (Å²) in [7, 11) is -3.08. The van der Waals surface area contributed by atoms with Crippen LogP contribution in [0.2, 0.25) is 0 Å². The Morgan fingerprint density at radius 1 is 1.37 bits per heavy atom.